The number of aromatic nitrogens is 2. The Balaban J connectivity index is 1.55. The van der Waals surface area contributed by atoms with Gasteiger partial charge in [0.15, 0.2) is 0 Å². The number of hydrogen-bond donors (Lipinski definition) is 1. The molecule has 0 bridgehead atoms. The smallest absolute Gasteiger partial charge is 0.255 e. The molecule has 2 aromatic rings. The van der Waals surface area contributed by atoms with Gasteiger partial charge in [-0.1, -0.05) is 12.1 Å². The second kappa shape index (κ2) is 7.72. The van der Waals surface area contributed by atoms with Gasteiger partial charge in [-0.3, -0.25) is 14.7 Å². The van der Waals surface area contributed by atoms with Crippen molar-refractivity contribution < 1.29 is 4.74 Å². The first-order valence-corrected chi connectivity index (χ1v) is 9.88. The Morgan fingerprint density at radius 2 is 2.19 bits per heavy atom. The summed E-state index contributed by atoms with van der Waals surface area (Å²) in [5, 5.41) is 0. The molecule has 1 unspecified atom stereocenters. The summed E-state index contributed by atoms with van der Waals surface area (Å²) in [6.07, 6.45) is 4.31. The number of piperidine rings is 1. The van der Waals surface area contributed by atoms with Crippen LogP contribution in [0, 0.1) is 0 Å². The predicted molar refractivity (Wildman–Crippen MR) is 106 cm³/mol. The van der Waals surface area contributed by atoms with Crippen LogP contribution in [-0.2, 0) is 19.5 Å². The van der Waals surface area contributed by atoms with Crippen molar-refractivity contribution in [2.45, 2.75) is 51.7 Å². The van der Waals surface area contributed by atoms with Crippen LogP contribution in [-0.4, -0.2) is 41.1 Å². The summed E-state index contributed by atoms with van der Waals surface area (Å²) >= 11 is 0. The topological polar surface area (TPSA) is 61.5 Å². The molecule has 0 saturated carbocycles. The quantitative estimate of drug-likeness (QED) is 0.899. The van der Waals surface area contributed by atoms with Crippen LogP contribution in [0.15, 0.2) is 29.1 Å². The summed E-state index contributed by atoms with van der Waals surface area (Å²) in [5.41, 5.74) is 3.03. The highest BCUT2D eigenvalue weighted by Crippen LogP contribution is 2.24. The zero-order valence-corrected chi connectivity index (χ0v) is 16.2. The second-order valence-corrected chi connectivity index (χ2v) is 7.67. The number of H-pyrrole nitrogens is 1. The molecular formula is C21H28N4O2. The van der Waals surface area contributed by atoms with E-state index in [0.717, 1.165) is 61.9 Å². The number of aromatic amines is 1. The van der Waals surface area contributed by atoms with E-state index in [1.165, 1.54) is 12.0 Å². The molecule has 1 atom stereocenters. The molecule has 0 spiro atoms. The summed E-state index contributed by atoms with van der Waals surface area (Å²) < 4.78 is 5.33. The molecule has 6 nitrogen and oxygen atoms in total. The Hall–Kier alpha value is -2.34. The number of rotatable bonds is 4. The lowest BCUT2D eigenvalue weighted by Gasteiger charge is -2.35. The van der Waals surface area contributed by atoms with Crippen molar-refractivity contribution in [1.82, 2.24) is 14.9 Å². The summed E-state index contributed by atoms with van der Waals surface area (Å²) in [7, 11) is 1.69. The molecule has 3 heterocycles. The molecular weight excluding hydrogens is 340 g/mol. The highest BCUT2D eigenvalue weighted by Gasteiger charge is 2.25. The first-order valence-electron chi connectivity index (χ1n) is 9.88. The van der Waals surface area contributed by atoms with Gasteiger partial charge < -0.3 is 9.64 Å². The van der Waals surface area contributed by atoms with Gasteiger partial charge in [-0.25, -0.2) is 4.98 Å². The molecule has 144 valence electrons. The highest BCUT2D eigenvalue weighted by atomic mass is 16.5. The number of ether oxygens (including phenoxy) is 1. The Kier molecular flexibility index (Phi) is 5.16. The van der Waals surface area contributed by atoms with E-state index in [1.807, 2.05) is 12.1 Å². The van der Waals surface area contributed by atoms with Gasteiger partial charge in [0, 0.05) is 37.8 Å². The monoisotopic (exact) mass is 368 g/mol. The Morgan fingerprint density at radius 3 is 3.00 bits per heavy atom. The lowest BCUT2D eigenvalue weighted by molar-refractivity contribution is 0.240. The molecule has 1 saturated heterocycles. The van der Waals surface area contributed by atoms with Crippen molar-refractivity contribution in [3.05, 3.63) is 51.4 Å². The first-order chi connectivity index (χ1) is 13.1. The van der Waals surface area contributed by atoms with Crippen molar-refractivity contribution in [1.29, 1.82) is 0 Å². The molecule has 2 aliphatic heterocycles. The predicted octanol–water partition coefficient (Wildman–Crippen LogP) is 2.72. The Bertz CT molecular complexity index is 864. The highest BCUT2D eigenvalue weighted by molar-refractivity contribution is 5.36. The lowest BCUT2D eigenvalue weighted by Crippen LogP contribution is -2.41. The zero-order valence-electron chi connectivity index (χ0n) is 16.2. The molecule has 0 amide bonds. The van der Waals surface area contributed by atoms with Gasteiger partial charge in [0.05, 0.1) is 12.8 Å². The van der Waals surface area contributed by atoms with Gasteiger partial charge in [0.2, 0.25) is 5.95 Å². The van der Waals surface area contributed by atoms with Crippen LogP contribution in [0.1, 0.15) is 43.0 Å². The van der Waals surface area contributed by atoms with Crippen molar-refractivity contribution in [3.8, 4) is 5.75 Å². The van der Waals surface area contributed by atoms with Gasteiger partial charge in [-0.2, -0.15) is 0 Å². The van der Waals surface area contributed by atoms with Crippen molar-refractivity contribution >= 4 is 5.95 Å². The van der Waals surface area contributed by atoms with E-state index in [1.54, 1.807) is 7.11 Å². The van der Waals surface area contributed by atoms with E-state index in [0.29, 0.717) is 12.6 Å². The van der Waals surface area contributed by atoms with Crippen LogP contribution in [0.3, 0.4) is 0 Å². The van der Waals surface area contributed by atoms with E-state index >= 15 is 0 Å². The van der Waals surface area contributed by atoms with Crippen LogP contribution in [0.4, 0.5) is 5.95 Å². The van der Waals surface area contributed by atoms with Gasteiger partial charge in [0.25, 0.3) is 5.56 Å². The van der Waals surface area contributed by atoms with Crippen LogP contribution >= 0.6 is 0 Å². The minimum Gasteiger partial charge on any atom is -0.497 e. The van der Waals surface area contributed by atoms with Gasteiger partial charge in [0.1, 0.15) is 5.75 Å². The fourth-order valence-electron chi connectivity index (χ4n) is 4.19. The zero-order chi connectivity index (χ0) is 18.8. The molecule has 1 fully saturated rings. The molecule has 0 aliphatic carbocycles. The standard InChI is InChI=1S/C21H28N4O2/c1-15-6-3-4-10-25(15)21-22-19-14-24(11-9-18(19)20(26)23-21)13-16-7-5-8-17(12-16)27-2/h5,7-8,12,15H,3-4,6,9-11,13-14H2,1-2H3,(H,22,23,26). The molecule has 0 radical (unpaired) electrons. The average Bonchev–Trinajstić information content (AvgIpc) is 2.68. The molecule has 2 aliphatic rings. The SMILES string of the molecule is COc1cccc(CN2CCc3c(nc(N4CCCCC4C)[nH]c3=O)C2)c1. The summed E-state index contributed by atoms with van der Waals surface area (Å²) in [6.45, 7) is 5.60. The molecule has 4 rings (SSSR count). The van der Waals surface area contributed by atoms with Crippen LogP contribution in [0.25, 0.3) is 0 Å². The first kappa shape index (κ1) is 18.0. The normalized spacial score (nSPS) is 20.4. The van der Waals surface area contributed by atoms with E-state index in [4.69, 9.17) is 9.72 Å². The van der Waals surface area contributed by atoms with E-state index in [9.17, 15) is 4.79 Å². The van der Waals surface area contributed by atoms with Gasteiger partial charge >= 0.3 is 0 Å². The minimum atomic E-state index is 0.0359. The van der Waals surface area contributed by atoms with Crippen molar-refractivity contribution in [2.24, 2.45) is 0 Å². The number of methoxy groups -OCH3 is 1. The number of benzene rings is 1. The Morgan fingerprint density at radius 1 is 1.30 bits per heavy atom. The fourth-order valence-corrected chi connectivity index (χ4v) is 4.19. The van der Waals surface area contributed by atoms with Crippen molar-refractivity contribution in [2.75, 3.05) is 25.1 Å². The second-order valence-electron chi connectivity index (χ2n) is 7.67. The van der Waals surface area contributed by atoms with Crippen LogP contribution < -0.4 is 15.2 Å². The number of fused-ring (bicyclic) bond motifs is 1. The van der Waals surface area contributed by atoms with Gasteiger partial charge in [-0.15, -0.1) is 0 Å². The average molecular weight is 368 g/mol. The van der Waals surface area contributed by atoms with E-state index < -0.39 is 0 Å². The Labute approximate surface area is 160 Å². The molecule has 6 heteroatoms. The number of nitrogens with one attached hydrogen (secondary N) is 1. The third kappa shape index (κ3) is 3.86. The number of nitrogens with zero attached hydrogens (tertiary/aromatic N) is 3. The summed E-state index contributed by atoms with van der Waals surface area (Å²) in [4.78, 5) is 25.2. The van der Waals surface area contributed by atoms with Crippen LogP contribution in [0.5, 0.6) is 5.75 Å². The third-order valence-electron chi connectivity index (χ3n) is 5.76. The largest absolute Gasteiger partial charge is 0.497 e. The van der Waals surface area contributed by atoms with E-state index in [2.05, 4.69) is 33.8 Å². The maximum atomic E-state index is 12.6. The van der Waals surface area contributed by atoms with E-state index in [-0.39, 0.29) is 5.56 Å². The minimum absolute atomic E-state index is 0.0359. The molecule has 1 aromatic carbocycles. The van der Waals surface area contributed by atoms with Gasteiger partial charge in [-0.05, 0) is 50.3 Å². The maximum absolute atomic E-state index is 12.6. The maximum Gasteiger partial charge on any atom is 0.255 e. The van der Waals surface area contributed by atoms with Crippen LogP contribution in [0.2, 0.25) is 0 Å². The third-order valence-corrected chi connectivity index (χ3v) is 5.76. The number of hydrogen-bond acceptors (Lipinski definition) is 5. The van der Waals surface area contributed by atoms with Crippen molar-refractivity contribution in [3.63, 3.8) is 0 Å². The summed E-state index contributed by atoms with van der Waals surface area (Å²) in [6, 6.07) is 8.59. The molecule has 1 N–H and O–H groups in total. The molecule has 1 aromatic heterocycles. The fraction of sp³-hybridized carbons (Fsp3) is 0.524. The summed E-state index contributed by atoms with van der Waals surface area (Å²) in [5.74, 6) is 1.62. The number of anilines is 1. The molecule has 27 heavy (non-hydrogen) atoms. The lowest BCUT2D eigenvalue weighted by atomic mass is 10.0.